The van der Waals surface area contributed by atoms with Crippen molar-refractivity contribution in [2.45, 2.75) is 77.5 Å². The summed E-state index contributed by atoms with van der Waals surface area (Å²) < 4.78 is 34.9. The predicted molar refractivity (Wildman–Crippen MR) is 225 cm³/mol. The fourth-order valence-electron chi connectivity index (χ4n) is 7.89. The van der Waals surface area contributed by atoms with Crippen molar-refractivity contribution >= 4 is 43.8 Å². The molecule has 1 aliphatic carbocycles. The lowest BCUT2D eigenvalue weighted by atomic mass is 9.93. The van der Waals surface area contributed by atoms with Crippen molar-refractivity contribution in [3.8, 4) is 22.5 Å². The summed E-state index contributed by atoms with van der Waals surface area (Å²) in [5, 5.41) is 10.7. The number of hydrogen-bond donors (Lipinski definition) is 1. The van der Waals surface area contributed by atoms with Gasteiger partial charge in [0, 0.05) is 76.4 Å². The molecule has 3 aliphatic heterocycles. The topological polar surface area (TPSA) is 90.8 Å². The number of hydrogen-bond acceptors (Lipinski definition) is 5. The summed E-state index contributed by atoms with van der Waals surface area (Å²) in [6.07, 6.45) is 8.04. The predicted octanol–water partition coefficient (Wildman–Crippen LogP) is 10.7. The Morgan fingerprint density at radius 3 is 2.29 bits per heavy atom. The van der Waals surface area contributed by atoms with Gasteiger partial charge in [-0.1, -0.05) is 102 Å². The molecule has 1 unspecified atom stereocenters. The largest absolute Gasteiger partial charge is 0.481 e. The first-order valence-corrected chi connectivity index (χ1v) is 21.6. The van der Waals surface area contributed by atoms with Crippen molar-refractivity contribution in [2.24, 2.45) is 5.92 Å². The van der Waals surface area contributed by atoms with Crippen LogP contribution in [0.2, 0.25) is 0 Å². The Labute approximate surface area is 325 Å². The highest BCUT2D eigenvalue weighted by Gasteiger charge is 2.27. The summed E-state index contributed by atoms with van der Waals surface area (Å²) in [5.41, 5.74) is 9.33. The monoisotopic (exact) mass is 757 g/mol. The average molecular weight is 758 g/mol. The zero-order valence-electron chi connectivity index (χ0n) is 32.7. The third kappa shape index (κ3) is 8.40. The van der Waals surface area contributed by atoms with Crippen LogP contribution in [0.5, 0.6) is 0 Å². The van der Waals surface area contributed by atoms with Gasteiger partial charge in [-0.3, -0.25) is 4.79 Å². The minimum atomic E-state index is -3.48. The van der Waals surface area contributed by atoms with Gasteiger partial charge in [-0.15, -0.1) is 0 Å². The molecule has 0 amide bonds. The van der Waals surface area contributed by atoms with Crippen LogP contribution in [0.3, 0.4) is 0 Å². The number of rotatable bonds is 9. The van der Waals surface area contributed by atoms with Crippen LogP contribution in [-0.4, -0.2) is 38.8 Å². The van der Waals surface area contributed by atoms with Crippen LogP contribution in [-0.2, 0) is 27.5 Å². The first kappa shape index (κ1) is 39.5. The molecule has 1 N–H and O–H groups in total. The molecule has 0 aromatic heterocycles. The summed E-state index contributed by atoms with van der Waals surface area (Å²) in [7, 11) is -3.48. The Bertz CT molecular complexity index is 2450. The van der Waals surface area contributed by atoms with Gasteiger partial charge >= 0.3 is 5.97 Å². The smallest absolute Gasteiger partial charge is 0.306 e. The van der Waals surface area contributed by atoms with Crippen molar-refractivity contribution in [2.75, 3.05) is 24.2 Å². The average Bonchev–Trinajstić information content (AvgIpc) is 3.84. The van der Waals surface area contributed by atoms with Crippen molar-refractivity contribution in [1.29, 1.82) is 0 Å². The number of benzene rings is 5. The van der Waals surface area contributed by atoms with Gasteiger partial charge in [0.15, 0.2) is 16.4 Å². The Morgan fingerprint density at radius 1 is 0.818 bits per heavy atom. The quantitative estimate of drug-likeness (QED) is 0.117. The van der Waals surface area contributed by atoms with E-state index in [1.54, 1.807) is 12.1 Å². The van der Waals surface area contributed by atoms with Gasteiger partial charge in [0.05, 0.1) is 16.9 Å². The van der Waals surface area contributed by atoms with Crippen molar-refractivity contribution in [3.63, 3.8) is 0 Å². The third-order valence-corrected chi connectivity index (χ3v) is 11.7. The number of aliphatic carboxylic acids is 1. The van der Waals surface area contributed by atoms with E-state index in [2.05, 4.69) is 101 Å². The lowest BCUT2D eigenvalue weighted by Crippen LogP contribution is -2.23. The first-order valence-electron chi connectivity index (χ1n) is 19.7. The summed E-state index contributed by atoms with van der Waals surface area (Å²) in [6.45, 7) is 9.92. The van der Waals surface area contributed by atoms with E-state index in [-0.39, 0.29) is 5.92 Å². The van der Waals surface area contributed by atoms with Crippen LogP contribution in [0.4, 0.5) is 17.1 Å². The maximum absolute atomic E-state index is 13.0. The van der Waals surface area contributed by atoms with Gasteiger partial charge in [-0.2, -0.15) is 4.58 Å². The second-order valence-electron chi connectivity index (χ2n) is 14.1. The lowest BCUT2D eigenvalue weighted by molar-refractivity contribution is -0.142. The Kier molecular flexibility index (Phi) is 12.6. The number of fused-ring (bicyclic) bond motifs is 4. The molecule has 286 valence electrons. The molecule has 8 heteroatoms. The molecule has 0 bridgehead atoms. The highest BCUT2D eigenvalue weighted by atomic mass is 32.2. The number of anilines is 2. The highest BCUT2D eigenvalue weighted by Crippen LogP contribution is 2.44. The van der Waals surface area contributed by atoms with Crippen molar-refractivity contribution in [1.82, 2.24) is 4.58 Å². The second kappa shape index (κ2) is 17.5. The molecule has 7 nitrogen and oxygen atoms in total. The Hall–Kier alpha value is -5.21. The van der Waals surface area contributed by atoms with Gasteiger partial charge in [-0.25, -0.2) is 8.42 Å². The van der Waals surface area contributed by atoms with Gasteiger partial charge in [0.1, 0.15) is 11.3 Å². The number of unbranched alkanes of at least 4 members (excludes halogenated alkanes) is 1. The number of para-hydroxylation sites is 2. The fourth-order valence-corrected chi connectivity index (χ4v) is 8.79. The molecule has 4 aromatic rings. The van der Waals surface area contributed by atoms with E-state index in [0.29, 0.717) is 10.5 Å². The minimum absolute atomic E-state index is 0.0973. The van der Waals surface area contributed by atoms with E-state index in [1.807, 2.05) is 32.9 Å². The summed E-state index contributed by atoms with van der Waals surface area (Å²) >= 11 is 0. The van der Waals surface area contributed by atoms with Crippen LogP contribution < -0.4 is 14.8 Å². The van der Waals surface area contributed by atoms with Crippen LogP contribution in [0.15, 0.2) is 119 Å². The molecule has 0 radical (unpaired) electrons. The van der Waals surface area contributed by atoms with Gasteiger partial charge < -0.3 is 14.4 Å². The maximum atomic E-state index is 13.0. The number of carboxylic acids is 1. The van der Waals surface area contributed by atoms with Crippen LogP contribution in [0.1, 0.15) is 70.9 Å². The molecule has 0 spiro atoms. The molecule has 4 aromatic carbocycles. The lowest BCUT2D eigenvalue weighted by Gasteiger charge is -2.22. The number of sulfone groups is 1. The summed E-state index contributed by atoms with van der Waals surface area (Å²) in [5.74, 6) is 0.00177. The molecular weight excluding hydrogens is 705 g/mol. The summed E-state index contributed by atoms with van der Waals surface area (Å²) in [6, 6.07) is 36.9. The first-order chi connectivity index (χ1) is 26.7. The Morgan fingerprint density at radius 2 is 1.55 bits per heavy atom. The number of carboxylic acid groups (broad SMARTS) is 1. The van der Waals surface area contributed by atoms with Crippen molar-refractivity contribution < 1.29 is 22.7 Å². The van der Waals surface area contributed by atoms with E-state index in [4.69, 9.17) is 9.52 Å². The van der Waals surface area contributed by atoms with Crippen molar-refractivity contribution in [3.05, 3.63) is 126 Å². The molecule has 8 rings (SSSR count). The SMILES string of the molecule is CC.CCCCC(CCC)C(=O)O.CS(=O)(=O)c1ccccc1-c1c2ccc(=[N+]3CCc4ccccc43)cc-2oc2cc(N3CCc4ccccc43)ccc12. The van der Waals surface area contributed by atoms with Crippen LogP contribution in [0, 0.1) is 5.92 Å². The number of nitrogens with zero attached hydrogens (tertiary/aromatic N) is 2. The standard InChI is InChI=1S/C36H29N2O3S.C9H18O2.C2H6/c1-42(39,40)35-13-7-4-10-30(35)36-28-16-14-26(37-20-18-24-8-2-5-11-31(24)37)22-33(28)41-34-23-27(15-17-29(34)36)38-21-19-25-9-3-6-12-32(25)38;1-3-5-7-8(6-4-2)9(10)11;1-2/h2-17,22-23H,18-21H2,1H3;8H,3-7H2,1-2H3,(H,10,11);1-2H3/q+1;;. The zero-order valence-corrected chi connectivity index (χ0v) is 33.5. The van der Waals surface area contributed by atoms with E-state index in [9.17, 15) is 13.2 Å². The second-order valence-corrected chi connectivity index (χ2v) is 16.1. The van der Waals surface area contributed by atoms with Gasteiger partial charge in [0.25, 0.3) is 0 Å². The fraction of sp³-hybridized carbons (Fsp3) is 0.319. The highest BCUT2D eigenvalue weighted by molar-refractivity contribution is 7.90. The summed E-state index contributed by atoms with van der Waals surface area (Å²) in [4.78, 5) is 13.2. The molecule has 0 saturated carbocycles. The van der Waals surface area contributed by atoms with E-state index in [0.717, 1.165) is 96.9 Å². The molecule has 4 aliphatic rings. The molecule has 0 fully saturated rings. The Balaban J connectivity index is 0.000000344. The zero-order chi connectivity index (χ0) is 39.1. The minimum Gasteiger partial charge on any atom is -0.481 e. The maximum Gasteiger partial charge on any atom is 0.306 e. The molecule has 3 heterocycles. The molecule has 1 atom stereocenters. The van der Waals surface area contributed by atoms with Gasteiger partial charge in [-0.05, 0) is 55.2 Å². The number of carbonyl (C=O) groups is 1. The van der Waals surface area contributed by atoms with E-state index in [1.165, 1.54) is 28.8 Å². The van der Waals surface area contributed by atoms with E-state index >= 15 is 0 Å². The normalized spacial score (nSPS) is 14.7. The third-order valence-electron chi connectivity index (χ3n) is 10.5. The van der Waals surface area contributed by atoms with Crippen LogP contribution >= 0.6 is 0 Å². The van der Waals surface area contributed by atoms with E-state index < -0.39 is 15.8 Å². The molecule has 55 heavy (non-hydrogen) atoms. The van der Waals surface area contributed by atoms with Crippen LogP contribution in [0.25, 0.3) is 33.4 Å². The molecular formula is C47H53N2O5S+. The van der Waals surface area contributed by atoms with Gasteiger partial charge in [0.2, 0.25) is 11.0 Å². The molecule has 0 saturated heterocycles.